The Labute approximate surface area is 178 Å². The minimum Gasteiger partial charge on any atom is -0.385 e. The fourth-order valence-electron chi connectivity index (χ4n) is 4.34. The summed E-state index contributed by atoms with van der Waals surface area (Å²) >= 11 is 0. The highest BCUT2D eigenvalue weighted by Gasteiger charge is 2.27. The number of hydrogen-bond donors (Lipinski definition) is 1. The van der Waals surface area contributed by atoms with Crippen LogP contribution in [0.4, 0.5) is 0 Å². The first-order chi connectivity index (χ1) is 14.5. The third-order valence-corrected chi connectivity index (χ3v) is 6.34. The van der Waals surface area contributed by atoms with Gasteiger partial charge in [0.1, 0.15) is 17.1 Å². The van der Waals surface area contributed by atoms with Crippen LogP contribution in [0.5, 0.6) is 0 Å². The highest BCUT2D eigenvalue weighted by atomic mass is 16.3. The van der Waals surface area contributed by atoms with Crippen molar-refractivity contribution in [1.29, 1.82) is 0 Å². The van der Waals surface area contributed by atoms with Crippen molar-refractivity contribution in [3.8, 4) is 0 Å². The summed E-state index contributed by atoms with van der Waals surface area (Å²) in [6, 6.07) is 12.0. The molecule has 1 N–H and O–H groups in total. The second-order valence-corrected chi connectivity index (χ2v) is 8.85. The molecule has 1 fully saturated rings. The summed E-state index contributed by atoms with van der Waals surface area (Å²) in [5, 5.41) is 10.7. The summed E-state index contributed by atoms with van der Waals surface area (Å²) in [6.07, 6.45) is 8.75. The Morgan fingerprint density at radius 3 is 2.67 bits per heavy atom. The zero-order valence-corrected chi connectivity index (χ0v) is 18.0. The Hall–Kier alpha value is -2.53. The molecule has 0 radical (unpaired) electrons. The molecule has 0 aliphatic heterocycles. The molecule has 0 spiro atoms. The van der Waals surface area contributed by atoms with E-state index >= 15 is 0 Å². The van der Waals surface area contributed by atoms with Crippen molar-refractivity contribution >= 4 is 16.9 Å². The molecule has 1 aromatic carbocycles. The Morgan fingerprint density at radius 1 is 1.20 bits per heavy atom. The standard InChI is InChI=1S/C25H31N3O2/c1-18-15-16-26-24-23(18)27-22(28(24)20-11-8-12-20)14-7-6-13-21(29)17-25(2,30)19-9-4-3-5-10-19/h3-5,9-10,15-16,20,30H,6-8,11-14,17H2,1-2H3. The van der Waals surface area contributed by atoms with Gasteiger partial charge in [-0.25, -0.2) is 9.97 Å². The number of carbonyl (C=O) groups is 1. The second kappa shape index (κ2) is 8.68. The Balaban J connectivity index is 1.35. The lowest BCUT2D eigenvalue weighted by Crippen LogP contribution is -2.25. The van der Waals surface area contributed by atoms with Crippen molar-refractivity contribution in [1.82, 2.24) is 14.5 Å². The first kappa shape index (κ1) is 20.7. The highest BCUT2D eigenvalue weighted by molar-refractivity contribution is 5.79. The molecule has 2 heterocycles. The summed E-state index contributed by atoms with van der Waals surface area (Å²) in [5.41, 5.74) is 2.85. The van der Waals surface area contributed by atoms with Gasteiger partial charge in [-0.3, -0.25) is 4.79 Å². The number of pyridine rings is 1. The van der Waals surface area contributed by atoms with Crippen molar-refractivity contribution < 1.29 is 9.90 Å². The summed E-state index contributed by atoms with van der Waals surface area (Å²) in [7, 11) is 0. The molecule has 3 aromatic rings. The lowest BCUT2D eigenvalue weighted by atomic mass is 9.89. The summed E-state index contributed by atoms with van der Waals surface area (Å²) in [4.78, 5) is 22.0. The van der Waals surface area contributed by atoms with E-state index in [0.717, 1.165) is 47.4 Å². The SMILES string of the molecule is Cc1ccnc2c1nc(CCCCC(=O)CC(C)(O)c1ccccc1)n2C1CCC1. The number of nitrogens with zero attached hydrogens (tertiary/aromatic N) is 3. The third-order valence-electron chi connectivity index (χ3n) is 6.34. The lowest BCUT2D eigenvalue weighted by Gasteiger charge is -2.28. The van der Waals surface area contributed by atoms with Gasteiger partial charge in [-0.2, -0.15) is 0 Å². The molecule has 1 aliphatic carbocycles. The number of carbonyl (C=O) groups excluding carboxylic acids is 1. The molecule has 5 heteroatoms. The van der Waals surface area contributed by atoms with Gasteiger partial charge in [-0.15, -0.1) is 0 Å². The van der Waals surface area contributed by atoms with Gasteiger partial charge in [0, 0.05) is 31.5 Å². The molecule has 0 saturated heterocycles. The van der Waals surface area contributed by atoms with Gasteiger partial charge >= 0.3 is 0 Å². The van der Waals surface area contributed by atoms with E-state index in [4.69, 9.17) is 4.98 Å². The number of fused-ring (bicyclic) bond motifs is 1. The van der Waals surface area contributed by atoms with Crippen LogP contribution in [0.25, 0.3) is 11.2 Å². The third kappa shape index (κ3) is 4.31. The molecule has 1 aliphatic rings. The molecule has 1 unspecified atom stereocenters. The maximum Gasteiger partial charge on any atom is 0.160 e. The molecular formula is C25H31N3O2. The van der Waals surface area contributed by atoms with Crippen LogP contribution < -0.4 is 0 Å². The van der Waals surface area contributed by atoms with Crippen LogP contribution in [-0.4, -0.2) is 25.4 Å². The number of aromatic nitrogens is 3. The van der Waals surface area contributed by atoms with Crippen molar-refractivity contribution in [2.45, 2.75) is 76.9 Å². The Kier molecular flexibility index (Phi) is 6.00. The average molecular weight is 406 g/mol. The molecule has 0 bridgehead atoms. The van der Waals surface area contributed by atoms with Gasteiger partial charge in [-0.1, -0.05) is 30.3 Å². The number of rotatable bonds is 9. The molecule has 158 valence electrons. The Bertz CT molecular complexity index is 1020. The van der Waals surface area contributed by atoms with Gasteiger partial charge in [0.05, 0.1) is 5.60 Å². The van der Waals surface area contributed by atoms with Gasteiger partial charge in [-0.05, 0) is 63.1 Å². The van der Waals surface area contributed by atoms with Crippen LogP contribution in [0.2, 0.25) is 0 Å². The van der Waals surface area contributed by atoms with E-state index in [9.17, 15) is 9.90 Å². The maximum absolute atomic E-state index is 12.5. The molecule has 4 rings (SSSR count). The maximum atomic E-state index is 12.5. The first-order valence-corrected chi connectivity index (χ1v) is 11.1. The van der Waals surface area contributed by atoms with Crippen molar-refractivity contribution in [3.63, 3.8) is 0 Å². The highest BCUT2D eigenvalue weighted by Crippen LogP contribution is 2.36. The van der Waals surface area contributed by atoms with E-state index < -0.39 is 5.60 Å². The van der Waals surface area contributed by atoms with Crippen LogP contribution in [0.15, 0.2) is 42.6 Å². The number of imidazole rings is 1. The number of aryl methyl sites for hydroxylation is 2. The van der Waals surface area contributed by atoms with E-state index in [2.05, 4.69) is 16.5 Å². The van der Waals surface area contributed by atoms with Crippen LogP contribution in [-0.2, 0) is 16.8 Å². The van der Waals surface area contributed by atoms with Crippen molar-refractivity contribution in [3.05, 3.63) is 59.5 Å². The van der Waals surface area contributed by atoms with Crippen LogP contribution in [0, 0.1) is 6.92 Å². The van der Waals surface area contributed by atoms with Crippen LogP contribution >= 0.6 is 0 Å². The van der Waals surface area contributed by atoms with E-state index in [1.54, 1.807) is 6.92 Å². The quantitative estimate of drug-likeness (QED) is 0.506. The normalized spacial score (nSPS) is 16.4. The molecule has 5 nitrogen and oxygen atoms in total. The molecular weight excluding hydrogens is 374 g/mol. The summed E-state index contributed by atoms with van der Waals surface area (Å²) in [6.45, 7) is 3.81. The summed E-state index contributed by atoms with van der Waals surface area (Å²) in [5.74, 6) is 1.20. The number of ketones is 1. The average Bonchev–Trinajstić information content (AvgIpc) is 3.04. The number of unbranched alkanes of at least 4 members (excludes halogenated alkanes) is 1. The van der Waals surface area contributed by atoms with Crippen LogP contribution in [0.1, 0.15) is 74.9 Å². The monoisotopic (exact) mass is 405 g/mol. The molecule has 2 aromatic heterocycles. The fourth-order valence-corrected chi connectivity index (χ4v) is 4.34. The topological polar surface area (TPSA) is 68.0 Å². The minimum atomic E-state index is -1.11. The largest absolute Gasteiger partial charge is 0.385 e. The first-order valence-electron chi connectivity index (χ1n) is 11.1. The van der Waals surface area contributed by atoms with E-state index in [-0.39, 0.29) is 12.2 Å². The zero-order valence-electron chi connectivity index (χ0n) is 18.0. The lowest BCUT2D eigenvalue weighted by molar-refractivity contribution is -0.123. The number of benzene rings is 1. The fraction of sp³-hybridized carbons (Fsp3) is 0.480. The molecule has 1 atom stereocenters. The van der Waals surface area contributed by atoms with E-state index in [0.29, 0.717) is 12.5 Å². The van der Waals surface area contributed by atoms with E-state index in [1.165, 1.54) is 19.3 Å². The van der Waals surface area contributed by atoms with Gasteiger partial charge < -0.3 is 9.67 Å². The number of hydrogen-bond acceptors (Lipinski definition) is 4. The molecule has 0 amide bonds. The smallest absolute Gasteiger partial charge is 0.160 e. The van der Waals surface area contributed by atoms with Gasteiger partial charge in [0.15, 0.2) is 5.65 Å². The summed E-state index contributed by atoms with van der Waals surface area (Å²) < 4.78 is 2.34. The number of Topliss-reactive ketones (excluding diaryl/α,β-unsaturated/α-hetero) is 1. The predicted molar refractivity (Wildman–Crippen MR) is 118 cm³/mol. The van der Waals surface area contributed by atoms with Crippen molar-refractivity contribution in [2.24, 2.45) is 0 Å². The zero-order chi connectivity index (χ0) is 21.1. The molecule has 30 heavy (non-hydrogen) atoms. The van der Waals surface area contributed by atoms with Gasteiger partial charge in [0.25, 0.3) is 0 Å². The number of aliphatic hydroxyl groups is 1. The van der Waals surface area contributed by atoms with Crippen LogP contribution in [0.3, 0.4) is 0 Å². The van der Waals surface area contributed by atoms with E-state index in [1.807, 2.05) is 42.6 Å². The Morgan fingerprint density at radius 2 is 1.97 bits per heavy atom. The second-order valence-electron chi connectivity index (χ2n) is 8.85. The molecule has 1 saturated carbocycles. The minimum absolute atomic E-state index is 0.105. The predicted octanol–water partition coefficient (Wildman–Crippen LogP) is 5.04. The van der Waals surface area contributed by atoms with Gasteiger partial charge in [0.2, 0.25) is 0 Å². The van der Waals surface area contributed by atoms with Crippen molar-refractivity contribution in [2.75, 3.05) is 0 Å².